The maximum Gasteiger partial charge on any atom is 0.159 e. The molecule has 1 unspecified atom stereocenters. The molecule has 2 aliphatic rings. The second-order valence-electron chi connectivity index (χ2n) is 15.3. The van der Waals surface area contributed by atoms with E-state index in [1.54, 1.807) is 0 Å². The SMILES string of the molecule is C1=CC(C2=NC(c3ccccc3)NC(c3ccc(-n4c5ccccc5c5cc6c7ccccc7n(-c7cccc8ccccc78)c6cc54)c4ccccc34)=N2)=CCC1. The second-order valence-corrected chi connectivity index (χ2v) is 15.3. The maximum absolute atomic E-state index is 5.24. The summed E-state index contributed by atoms with van der Waals surface area (Å²) in [5.74, 6) is 1.59. The van der Waals surface area contributed by atoms with Crippen LogP contribution in [0.2, 0.25) is 0 Å². The van der Waals surface area contributed by atoms with Gasteiger partial charge in [-0.2, -0.15) is 0 Å². The number of fused-ring (bicyclic) bond motifs is 8. The number of aromatic nitrogens is 2. The number of nitrogens with one attached hydrogen (secondary N) is 1. The number of hydrogen-bond donors (Lipinski definition) is 1. The van der Waals surface area contributed by atoms with E-state index in [4.69, 9.17) is 9.98 Å². The molecule has 0 amide bonds. The summed E-state index contributed by atoms with van der Waals surface area (Å²) in [5.41, 5.74) is 10.2. The van der Waals surface area contributed by atoms with Gasteiger partial charge in [-0.15, -0.1) is 0 Å². The molecule has 274 valence electrons. The van der Waals surface area contributed by atoms with Crippen LogP contribution in [0.25, 0.3) is 76.5 Å². The van der Waals surface area contributed by atoms with E-state index >= 15 is 0 Å². The summed E-state index contributed by atoms with van der Waals surface area (Å²) < 4.78 is 4.93. The van der Waals surface area contributed by atoms with Crippen molar-refractivity contribution in [1.29, 1.82) is 0 Å². The van der Waals surface area contributed by atoms with Gasteiger partial charge in [0.15, 0.2) is 5.84 Å². The third-order valence-electron chi connectivity index (χ3n) is 12.0. The molecule has 0 saturated carbocycles. The van der Waals surface area contributed by atoms with Crippen LogP contribution in [0, 0.1) is 0 Å². The van der Waals surface area contributed by atoms with Gasteiger partial charge in [-0.3, -0.25) is 0 Å². The van der Waals surface area contributed by atoms with Gasteiger partial charge in [0.2, 0.25) is 0 Å². The largest absolute Gasteiger partial charge is 0.344 e. The van der Waals surface area contributed by atoms with Gasteiger partial charge in [-0.1, -0.05) is 146 Å². The van der Waals surface area contributed by atoms with Crippen molar-refractivity contribution in [3.8, 4) is 11.4 Å². The molecule has 0 saturated heterocycles. The third-order valence-corrected chi connectivity index (χ3v) is 12.0. The Morgan fingerprint density at radius 1 is 0.483 bits per heavy atom. The maximum atomic E-state index is 5.24. The molecule has 1 atom stereocenters. The first-order valence-electron chi connectivity index (χ1n) is 20.1. The van der Waals surface area contributed by atoms with Crippen molar-refractivity contribution in [2.75, 3.05) is 0 Å². The number of hydrogen-bond acceptors (Lipinski definition) is 3. The molecule has 5 heteroatoms. The van der Waals surface area contributed by atoms with Gasteiger partial charge in [-0.25, -0.2) is 9.98 Å². The number of allylic oxidation sites excluding steroid dienone is 2. The van der Waals surface area contributed by atoms with Crippen LogP contribution in [0.4, 0.5) is 0 Å². The van der Waals surface area contributed by atoms with Crippen LogP contribution >= 0.6 is 0 Å². The van der Waals surface area contributed by atoms with Gasteiger partial charge in [-0.05, 0) is 71.6 Å². The molecule has 12 rings (SSSR count). The highest BCUT2D eigenvalue weighted by Gasteiger charge is 2.25. The summed E-state index contributed by atoms with van der Waals surface area (Å²) in [7, 11) is 0. The fourth-order valence-electron chi connectivity index (χ4n) is 9.34. The Morgan fingerprint density at radius 2 is 1.10 bits per heavy atom. The lowest BCUT2D eigenvalue weighted by Crippen LogP contribution is -2.33. The summed E-state index contributed by atoms with van der Waals surface area (Å²) in [6.07, 6.45) is 8.42. The number of amidine groups is 2. The first kappa shape index (κ1) is 32.7. The number of aliphatic imine (C=N–C) groups is 2. The molecule has 2 aromatic heterocycles. The Labute approximate surface area is 335 Å². The van der Waals surface area contributed by atoms with Gasteiger partial charge >= 0.3 is 0 Å². The van der Waals surface area contributed by atoms with E-state index in [9.17, 15) is 0 Å². The minimum atomic E-state index is -0.258. The van der Waals surface area contributed by atoms with Crippen molar-refractivity contribution in [2.45, 2.75) is 19.0 Å². The first-order valence-corrected chi connectivity index (χ1v) is 20.1. The monoisotopic (exact) mass is 743 g/mol. The van der Waals surface area contributed by atoms with Crippen molar-refractivity contribution in [1.82, 2.24) is 14.5 Å². The highest BCUT2D eigenvalue weighted by Crippen LogP contribution is 2.42. The van der Waals surface area contributed by atoms with Crippen molar-refractivity contribution in [2.24, 2.45) is 9.98 Å². The molecule has 10 aromatic rings. The molecule has 0 radical (unpaired) electrons. The third kappa shape index (κ3) is 5.03. The average Bonchev–Trinajstić information content (AvgIpc) is 3.79. The van der Waals surface area contributed by atoms with Crippen LogP contribution in [0.5, 0.6) is 0 Å². The molecule has 0 bridgehead atoms. The van der Waals surface area contributed by atoms with E-state index in [1.807, 2.05) is 6.07 Å². The number of benzene rings is 8. The van der Waals surface area contributed by atoms with Crippen LogP contribution in [-0.2, 0) is 0 Å². The van der Waals surface area contributed by atoms with Crippen LogP contribution in [0.15, 0.2) is 204 Å². The van der Waals surface area contributed by atoms with Crippen LogP contribution < -0.4 is 5.32 Å². The zero-order valence-electron chi connectivity index (χ0n) is 31.7. The van der Waals surface area contributed by atoms with Crippen molar-refractivity contribution in [3.05, 3.63) is 205 Å². The average molecular weight is 744 g/mol. The topological polar surface area (TPSA) is 46.6 Å². The fraction of sp³-hybridized carbons (Fsp3) is 0.0566. The molecule has 3 heterocycles. The van der Waals surface area contributed by atoms with Crippen LogP contribution in [0.3, 0.4) is 0 Å². The molecule has 0 fully saturated rings. The summed E-state index contributed by atoms with van der Waals surface area (Å²) in [6, 6.07) is 61.5. The van der Waals surface area contributed by atoms with Gasteiger partial charge in [0.25, 0.3) is 0 Å². The van der Waals surface area contributed by atoms with E-state index < -0.39 is 0 Å². The molecular weight excluding hydrogens is 707 g/mol. The smallest absolute Gasteiger partial charge is 0.159 e. The van der Waals surface area contributed by atoms with Gasteiger partial charge < -0.3 is 14.5 Å². The van der Waals surface area contributed by atoms with Crippen LogP contribution in [0.1, 0.15) is 30.1 Å². The Morgan fingerprint density at radius 3 is 1.83 bits per heavy atom. The second kappa shape index (κ2) is 13.0. The summed E-state index contributed by atoms with van der Waals surface area (Å²) in [6.45, 7) is 0. The van der Waals surface area contributed by atoms with Crippen LogP contribution in [-0.4, -0.2) is 20.8 Å². The zero-order chi connectivity index (χ0) is 38.2. The quantitative estimate of drug-likeness (QED) is 0.187. The summed E-state index contributed by atoms with van der Waals surface area (Å²) >= 11 is 0. The molecule has 8 aromatic carbocycles. The van der Waals surface area contributed by atoms with E-state index in [-0.39, 0.29) is 6.17 Å². The van der Waals surface area contributed by atoms with Crippen molar-refractivity contribution in [3.63, 3.8) is 0 Å². The molecule has 0 spiro atoms. The Hall–Kier alpha value is -7.50. The summed E-state index contributed by atoms with van der Waals surface area (Å²) in [5, 5.41) is 13.4. The minimum Gasteiger partial charge on any atom is -0.344 e. The number of nitrogens with zero attached hydrogens (tertiary/aromatic N) is 4. The van der Waals surface area contributed by atoms with E-state index in [2.05, 4.69) is 196 Å². The highest BCUT2D eigenvalue weighted by atomic mass is 15.2. The fourth-order valence-corrected chi connectivity index (χ4v) is 9.34. The van der Waals surface area contributed by atoms with E-state index in [0.717, 1.165) is 57.7 Å². The zero-order valence-corrected chi connectivity index (χ0v) is 31.7. The standard InChI is InChI=1S/C53H37N5/c1-3-17-35(18-4-1)51-54-52(36-19-5-2-6-20-36)56-53(55-51)42-30-31-48(39-24-10-9-23-38(39)42)58-47-28-14-12-26-41(47)44-32-43-40-25-11-13-27-46(40)57(49(43)33-50(44)58)45-29-15-21-34-16-7-8-22-37(34)45/h1,3-5,7-33,51H,2,6H2,(H,54,55,56). The predicted molar refractivity (Wildman–Crippen MR) is 243 cm³/mol. The Bertz CT molecular complexity index is 3420. The molecule has 1 aliphatic carbocycles. The normalized spacial score (nSPS) is 15.7. The first-order chi connectivity index (χ1) is 28.8. The minimum absolute atomic E-state index is 0.258. The van der Waals surface area contributed by atoms with Gasteiger partial charge in [0, 0.05) is 43.5 Å². The van der Waals surface area contributed by atoms with E-state index in [0.29, 0.717) is 0 Å². The van der Waals surface area contributed by atoms with Crippen molar-refractivity contribution < 1.29 is 0 Å². The summed E-state index contributed by atoms with van der Waals surface area (Å²) in [4.78, 5) is 10.4. The molecule has 1 N–H and O–H groups in total. The van der Waals surface area contributed by atoms with E-state index in [1.165, 1.54) is 60.1 Å². The Balaban J connectivity index is 1.10. The lowest BCUT2D eigenvalue weighted by molar-refractivity contribution is 0.674. The number of para-hydroxylation sites is 2. The number of rotatable bonds is 5. The Kier molecular flexibility index (Phi) is 7.35. The predicted octanol–water partition coefficient (Wildman–Crippen LogP) is 12.9. The molecule has 1 aliphatic heterocycles. The van der Waals surface area contributed by atoms with Crippen molar-refractivity contribution >= 4 is 76.8 Å². The lowest BCUT2D eigenvalue weighted by atomic mass is 10.00. The van der Waals surface area contributed by atoms with Gasteiger partial charge in [0.1, 0.15) is 12.0 Å². The molecular formula is C53H37N5. The van der Waals surface area contributed by atoms with Gasteiger partial charge in [0.05, 0.1) is 33.4 Å². The molecule has 5 nitrogen and oxygen atoms in total. The lowest BCUT2D eigenvalue weighted by Gasteiger charge is -2.25. The highest BCUT2D eigenvalue weighted by molar-refractivity contribution is 6.22. The molecule has 58 heavy (non-hydrogen) atoms.